The van der Waals surface area contributed by atoms with Gasteiger partial charge in [0, 0.05) is 31.3 Å². The van der Waals surface area contributed by atoms with E-state index < -0.39 is 0 Å². The van der Waals surface area contributed by atoms with Crippen LogP contribution in [0.15, 0.2) is 53.8 Å². The Balaban J connectivity index is 0.00000341. The van der Waals surface area contributed by atoms with Crippen LogP contribution in [0.1, 0.15) is 37.5 Å². The number of hydrogen-bond acceptors (Lipinski definition) is 4. The van der Waals surface area contributed by atoms with Gasteiger partial charge in [-0.25, -0.2) is 4.98 Å². The molecule has 3 N–H and O–H groups in total. The van der Waals surface area contributed by atoms with Gasteiger partial charge in [-0.15, -0.1) is 24.0 Å². The number of hydrogen-bond donors (Lipinski definition) is 3. The minimum atomic E-state index is -0.253. The standard InChI is InChI=1S/C23H30N6O.HI/c1-16-9-10-19(20(11-16)30-23(2,3)4)14-26-22(24-5)25-13-17-7-6-8-18(12-17)21-27-15-28-29-21;/h6-12,15H,13-14H2,1-5H3,(H2,24,25,26)(H,27,28,29);1H. The maximum Gasteiger partial charge on any atom is 0.191 e. The third-order valence-electron chi connectivity index (χ3n) is 4.38. The summed E-state index contributed by atoms with van der Waals surface area (Å²) in [7, 11) is 1.77. The molecule has 0 saturated carbocycles. The van der Waals surface area contributed by atoms with E-state index in [1.54, 1.807) is 7.05 Å². The first-order valence-electron chi connectivity index (χ1n) is 10.0. The van der Waals surface area contributed by atoms with Crippen LogP contribution in [-0.4, -0.2) is 33.8 Å². The largest absolute Gasteiger partial charge is 0.488 e. The van der Waals surface area contributed by atoms with Gasteiger partial charge in [-0.3, -0.25) is 10.1 Å². The average Bonchev–Trinajstić information content (AvgIpc) is 3.23. The number of guanidine groups is 1. The van der Waals surface area contributed by atoms with E-state index in [1.807, 2.05) is 12.1 Å². The van der Waals surface area contributed by atoms with Crippen LogP contribution in [0.3, 0.4) is 0 Å². The lowest BCUT2D eigenvalue weighted by Crippen LogP contribution is -2.36. The van der Waals surface area contributed by atoms with E-state index in [-0.39, 0.29) is 29.6 Å². The maximum atomic E-state index is 6.14. The molecule has 0 bridgehead atoms. The molecular formula is C23H31IN6O. The molecular weight excluding hydrogens is 503 g/mol. The van der Waals surface area contributed by atoms with Gasteiger partial charge in [-0.05, 0) is 51.0 Å². The van der Waals surface area contributed by atoms with Crippen molar-refractivity contribution in [3.8, 4) is 17.1 Å². The number of aryl methyl sites for hydroxylation is 1. The molecule has 0 saturated heterocycles. The monoisotopic (exact) mass is 534 g/mol. The smallest absolute Gasteiger partial charge is 0.191 e. The molecule has 0 aliphatic rings. The number of aromatic nitrogens is 3. The molecule has 0 spiro atoms. The third kappa shape index (κ3) is 7.54. The van der Waals surface area contributed by atoms with E-state index in [2.05, 4.69) is 88.8 Å². The normalized spacial score (nSPS) is 11.6. The number of halogens is 1. The number of ether oxygens (including phenoxy) is 1. The Morgan fingerprint density at radius 2 is 1.87 bits per heavy atom. The van der Waals surface area contributed by atoms with Crippen LogP contribution in [-0.2, 0) is 13.1 Å². The predicted octanol–water partition coefficient (Wildman–Crippen LogP) is 4.44. The van der Waals surface area contributed by atoms with Crippen molar-refractivity contribution in [1.29, 1.82) is 0 Å². The molecule has 0 radical (unpaired) electrons. The molecule has 31 heavy (non-hydrogen) atoms. The number of aliphatic imine (C=N–C) groups is 1. The number of rotatable bonds is 6. The van der Waals surface area contributed by atoms with Crippen molar-refractivity contribution in [3.63, 3.8) is 0 Å². The summed E-state index contributed by atoms with van der Waals surface area (Å²) in [5.74, 6) is 2.37. The van der Waals surface area contributed by atoms with Crippen LogP contribution >= 0.6 is 24.0 Å². The van der Waals surface area contributed by atoms with Crippen molar-refractivity contribution < 1.29 is 4.74 Å². The van der Waals surface area contributed by atoms with Gasteiger partial charge in [0.2, 0.25) is 0 Å². The lowest BCUT2D eigenvalue weighted by Gasteiger charge is -2.24. The zero-order valence-electron chi connectivity index (χ0n) is 18.7. The van der Waals surface area contributed by atoms with E-state index >= 15 is 0 Å². The topological polar surface area (TPSA) is 87.2 Å². The SMILES string of the molecule is CN=C(NCc1cccc(-c2ncn[nH]2)c1)NCc1ccc(C)cc1OC(C)(C)C.I. The Hall–Kier alpha value is -2.62. The zero-order valence-corrected chi connectivity index (χ0v) is 21.0. The summed E-state index contributed by atoms with van der Waals surface area (Å²) in [6.07, 6.45) is 1.51. The van der Waals surface area contributed by atoms with Crippen LogP contribution in [0.25, 0.3) is 11.4 Å². The second kappa shape index (κ2) is 11.1. The Labute approximate surface area is 201 Å². The third-order valence-corrected chi connectivity index (χ3v) is 4.38. The van der Waals surface area contributed by atoms with Gasteiger partial charge in [0.25, 0.3) is 0 Å². The summed E-state index contributed by atoms with van der Waals surface area (Å²) in [5.41, 5.74) is 4.13. The van der Waals surface area contributed by atoms with Crippen molar-refractivity contribution in [2.75, 3.05) is 7.05 Å². The van der Waals surface area contributed by atoms with Gasteiger partial charge in [-0.1, -0.05) is 30.3 Å². The fourth-order valence-electron chi connectivity index (χ4n) is 2.99. The van der Waals surface area contributed by atoms with Crippen molar-refractivity contribution in [1.82, 2.24) is 25.8 Å². The van der Waals surface area contributed by atoms with Crippen molar-refractivity contribution >= 4 is 29.9 Å². The van der Waals surface area contributed by atoms with E-state index in [0.717, 1.165) is 34.2 Å². The Kier molecular flexibility index (Phi) is 8.85. The van der Waals surface area contributed by atoms with Crippen molar-refractivity contribution in [2.45, 2.75) is 46.4 Å². The van der Waals surface area contributed by atoms with E-state index in [0.29, 0.717) is 13.1 Å². The second-order valence-corrected chi connectivity index (χ2v) is 8.14. The van der Waals surface area contributed by atoms with Gasteiger partial charge >= 0.3 is 0 Å². The fourth-order valence-corrected chi connectivity index (χ4v) is 2.99. The molecule has 0 unspecified atom stereocenters. The second-order valence-electron chi connectivity index (χ2n) is 8.14. The molecule has 0 atom stereocenters. The Bertz CT molecular complexity index is 996. The van der Waals surface area contributed by atoms with E-state index in [4.69, 9.17) is 4.74 Å². The molecule has 0 fully saturated rings. The highest BCUT2D eigenvalue weighted by Gasteiger charge is 2.15. The van der Waals surface area contributed by atoms with Gasteiger partial charge in [-0.2, -0.15) is 5.10 Å². The molecule has 1 heterocycles. The predicted molar refractivity (Wildman–Crippen MR) is 136 cm³/mol. The number of aromatic amines is 1. The summed E-state index contributed by atoms with van der Waals surface area (Å²) >= 11 is 0. The molecule has 0 aliphatic heterocycles. The minimum Gasteiger partial charge on any atom is -0.488 e. The molecule has 166 valence electrons. The molecule has 3 aromatic rings. The van der Waals surface area contributed by atoms with Gasteiger partial charge in [0.1, 0.15) is 17.7 Å². The van der Waals surface area contributed by atoms with Crippen LogP contribution in [0.2, 0.25) is 0 Å². The maximum absolute atomic E-state index is 6.14. The van der Waals surface area contributed by atoms with Crippen LogP contribution in [0, 0.1) is 6.92 Å². The molecule has 8 heteroatoms. The highest BCUT2D eigenvalue weighted by atomic mass is 127. The molecule has 1 aromatic heterocycles. The number of nitrogens with one attached hydrogen (secondary N) is 3. The zero-order chi connectivity index (χ0) is 21.6. The average molecular weight is 534 g/mol. The van der Waals surface area contributed by atoms with Crippen LogP contribution in [0.4, 0.5) is 0 Å². The van der Waals surface area contributed by atoms with E-state index in [9.17, 15) is 0 Å². The Morgan fingerprint density at radius 1 is 1.10 bits per heavy atom. The van der Waals surface area contributed by atoms with Crippen LogP contribution < -0.4 is 15.4 Å². The first-order chi connectivity index (χ1) is 14.3. The lowest BCUT2D eigenvalue weighted by molar-refractivity contribution is 0.129. The first kappa shape index (κ1) is 24.6. The fraction of sp³-hybridized carbons (Fsp3) is 0.348. The van der Waals surface area contributed by atoms with Gasteiger partial charge in [0.05, 0.1) is 0 Å². The van der Waals surface area contributed by atoms with Gasteiger partial charge in [0.15, 0.2) is 11.8 Å². The molecule has 7 nitrogen and oxygen atoms in total. The number of nitrogens with zero attached hydrogens (tertiary/aromatic N) is 3. The first-order valence-corrected chi connectivity index (χ1v) is 10.0. The van der Waals surface area contributed by atoms with Gasteiger partial charge < -0.3 is 15.4 Å². The van der Waals surface area contributed by atoms with Crippen LogP contribution in [0.5, 0.6) is 5.75 Å². The highest BCUT2D eigenvalue weighted by Crippen LogP contribution is 2.24. The highest BCUT2D eigenvalue weighted by molar-refractivity contribution is 14.0. The number of H-pyrrole nitrogens is 1. The van der Waals surface area contributed by atoms with Crippen molar-refractivity contribution in [2.24, 2.45) is 4.99 Å². The molecule has 2 aromatic carbocycles. The van der Waals surface area contributed by atoms with Crippen molar-refractivity contribution in [3.05, 3.63) is 65.5 Å². The molecule has 3 rings (SSSR count). The summed E-state index contributed by atoms with van der Waals surface area (Å²) in [6.45, 7) is 9.49. The summed E-state index contributed by atoms with van der Waals surface area (Å²) in [4.78, 5) is 8.54. The molecule has 0 amide bonds. The molecule has 0 aliphatic carbocycles. The lowest BCUT2D eigenvalue weighted by atomic mass is 10.1. The summed E-state index contributed by atoms with van der Waals surface area (Å²) in [6, 6.07) is 14.4. The quantitative estimate of drug-likeness (QED) is 0.247. The number of benzene rings is 2. The summed E-state index contributed by atoms with van der Waals surface area (Å²) in [5, 5.41) is 13.5. The Morgan fingerprint density at radius 3 is 2.55 bits per heavy atom. The van der Waals surface area contributed by atoms with E-state index in [1.165, 1.54) is 11.9 Å². The summed E-state index contributed by atoms with van der Waals surface area (Å²) < 4.78 is 6.14. The minimum absolute atomic E-state index is 0.